The van der Waals surface area contributed by atoms with Gasteiger partial charge in [-0.25, -0.2) is 9.69 Å². The van der Waals surface area contributed by atoms with E-state index in [0.717, 1.165) is 17.7 Å². The van der Waals surface area contributed by atoms with E-state index in [0.29, 0.717) is 13.0 Å². The van der Waals surface area contributed by atoms with Crippen LogP contribution in [-0.2, 0) is 16.9 Å². The maximum atomic E-state index is 13.2. The lowest BCUT2D eigenvalue weighted by Crippen LogP contribution is -2.45. The molecule has 2 aromatic carbocycles. The molecule has 2 aromatic rings. The minimum absolute atomic E-state index is 0.178. The average Bonchev–Trinajstić information content (AvgIpc) is 2.94. The monoisotopic (exact) mass is 351 g/mol. The van der Waals surface area contributed by atoms with E-state index in [1.807, 2.05) is 62.4 Å². The fourth-order valence-electron chi connectivity index (χ4n) is 3.42. The largest absolute Gasteiger partial charge is 0.326 e. The van der Waals surface area contributed by atoms with Crippen molar-refractivity contribution in [1.82, 2.24) is 15.1 Å². The van der Waals surface area contributed by atoms with Gasteiger partial charge < -0.3 is 5.32 Å². The third kappa shape index (κ3) is 3.35. The van der Waals surface area contributed by atoms with Crippen LogP contribution in [0.1, 0.15) is 31.4 Å². The first-order chi connectivity index (χ1) is 12.6. The van der Waals surface area contributed by atoms with Gasteiger partial charge in [-0.2, -0.15) is 0 Å². The van der Waals surface area contributed by atoms with Crippen LogP contribution in [0.15, 0.2) is 60.7 Å². The van der Waals surface area contributed by atoms with Gasteiger partial charge in [0.15, 0.2) is 0 Å². The van der Waals surface area contributed by atoms with Crippen LogP contribution < -0.4 is 5.32 Å². The van der Waals surface area contributed by atoms with Gasteiger partial charge in [0, 0.05) is 6.54 Å². The summed E-state index contributed by atoms with van der Waals surface area (Å²) in [6.07, 6.45) is 0.517. The van der Waals surface area contributed by atoms with Crippen molar-refractivity contribution in [2.45, 2.75) is 32.4 Å². The van der Waals surface area contributed by atoms with Crippen molar-refractivity contribution in [2.75, 3.05) is 13.2 Å². The smallest absolute Gasteiger partial charge is 0.319 e. The molecule has 0 bridgehead atoms. The first-order valence-electron chi connectivity index (χ1n) is 9.06. The number of benzene rings is 2. The van der Waals surface area contributed by atoms with E-state index in [-0.39, 0.29) is 18.6 Å². The third-order valence-electron chi connectivity index (χ3n) is 5.01. The number of nitrogens with zero attached hydrogens (tertiary/aromatic N) is 2. The SMILES string of the molecule is CCN(Cc1ccccc1)CN1C(=O)N[C@@](CC)(c2ccccc2)C1=O. The summed E-state index contributed by atoms with van der Waals surface area (Å²) in [5, 5.41) is 2.94. The second-order valence-electron chi connectivity index (χ2n) is 6.56. The number of urea groups is 1. The summed E-state index contributed by atoms with van der Waals surface area (Å²) in [6.45, 7) is 5.68. The number of hydrogen-bond donors (Lipinski definition) is 1. The highest BCUT2D eigenvalue weighted by Gasteiger charge is 2.51. The predicted molar refractivity (Wildman–Crippen MR) is 101 cm³/mol. The third-order valence-corrected chi connectivity index (χ3v) is 5.01. The maximum Gasteiger partial charge on any atom is 0.326 e. The fourth-order valence-corrected chi connectivity index (χ4v) is 3.42. The van der Waals surface area contributed by atoms with E-state index in [9.17, 15) is 9.59 Å². The summed E-state index contributed by atoms with van der Waals surface area (Å²) in [5.74, 6) is -0.178. The summed E-state index contributed by atoms with van der Waals surface area (Å²) in [6, 6.07) is 19.2. The second kappa shape index (κ2) is 7.70. The lowest BCUT2D eigenvalue weighted by molar-refractivity contribution is -0.133. The quantitative estimate of drug-likeness (QED) is 0.779. The van der Waals surface area contributed by atoms with E-state index in [2.05, 4.69) is 22.3 Å². The second-order valence-corrected chi connectivity index (χ2v) is 6.56. The Bertz CT molecular complexity index is 763. The molecule has 1 atom stereocenters. The van der Waals surface area contributed by atoms with Crippen molar-refractivity contribution >= 4 is 11.9 Å². The number of imide groups is 1. The molecule has 1 saturated heterocycles. The van der Waals surface area contributed by atoms with E-state index in [1.165, 1.54) is 4.90 Å². The van der Waals surface area contributed by atoms with Gasteiger partial charge in [-0.05, 0) is 24.1 Å². The number of nitrogens with one attached hydrogen (secondary N) is 1. The van der Waals surface area contributed by atoms with E-state index < -0.39 is 5.54 Å². The molecular formula is C21H25N3O2. The summed E-state index contributed by atoms with van der Waals surface area (Å²) in [5.41, 5.74) is 1.02. The van der Waals surface area contributed by atoms with Crippen LogP contribution >= 0.6 is 0 Å². The van der Waals surface area contributed by atoms with Gasteiger partial charge >= 0.3 is 6.03 Å². The zero-order valence-corrected chi connectivity index (χ0v) is 15.3. The Hall–Kier alpha value is -2.66. The van der Waals surface area contributed by atoms with Crippen LogP contribution in [0.25, 0.3) is 0 Å². The van der Waals surface area contributed by atoms with E-state index in [1.54, 1.807) is 0 Å². The Kier molecular flexibility index (Phi) is 5.38. The molecule has 1 aliphatic heterocycles. The molecule has 26 heavy (non-hydrogen) atoms. The van der Waals surface area contributed by atoms with E-state index in [4.69, 9.17) is 0 Å². The molecule has 0 unspecified atom stereocenters. The Morgan fingerprint density at radius 3 is 2.15 bits per heavy atom. The van der Waals surface area contributed by atoms with Crippen LogP contribution in [0.2, 0.25) is 0 Å². The van der Waals surface area contributed by atoms with Crippen molar-refractivity contribution < 1.29 is 9.59 Å². The first-order valence-corrected chi connectivity index (χ1v) is 9.06. The lowest BCUT2D eigenvalue weighted by atomic mass is 9.87. The molecule has 1 N–H and O–H groups in total. The fraction of sp³-hybridized carbons (Fsp3) is 0.333. The van der Waals surface area contributed by atoms with Crippen molar-refractivity contribution in [3.8, 4) is 0 Å². The highest BCUT2D eigenvalue weighted by atomic mass is 16.2. The minimum Gasteiger partial charge on any atom is -0.319 e. The number of rotatable bonds is 7. The predicted octanol–water partition coefficient (Wildman–Crippen LogP) is 3.32. The number of hydrogen-bond acceptors (Lipinski definition) is 3. The van der Waals surface area contributed by atoms with Gasteiger partial charge in [-0.15, -0.1) is 0 Å². The first kappa shape index (κ1) is 18.1. The van der Waals surface area contributed by atoms with Gasteiger partial charge in [0.1, 0.15) is 5.54 Å². The summed E-state index contributed by atoms with van der Waals surface area (Å²) in [4.78, 5) is 29.2. The number of carbonyl (C=O) groups excluding carboxylic acids is 2. The number of carbonyl (C=O) groups is 2. The molecule has 1 fully saturated rings. The van der Waals surface area contributed by atoms with E-state index >= 15 is 0 Å². The van der Waals surface area contributed by atoms with Crippen LogP contribution in [0.5, 0.6) is 0 Å². The minimum atomic E-state index is -0.968. The molecule has 3 rings (SSSR count). The molecule has 0 radical (unpaired) electrons. The molecule has 1 aliphatic rings. The van der Waals surface area contributed by atoms with Crippen molar-refractivity contribution in [1.29, 1.82) is 0 Å². The molecule has 0 saturated carbocycles. The van der Waals surface area contributed by atoms with Crippen molar-refractivity contribution in [3.05, 3.63) is 71.8 Å². The molecule has 3 amide bonds. The Balaban J connectivity index is 1.80. The number of amides is 3. The maximum absolute atomic E-state index is 13.2. The molecule has 136 valence electrons. The molecule has 1 heterocycles. The summed E-state index contributed by atoms with van der Waals surface area (Å²) in [7, 11) is 0. The molecule has 0 spiro atoms. The Morgan fingerprint density at radius 2 is 1.58 bits per heavy atom. The highest BCUT2D eigenvalue weighted by molar-refractivity contribution is 6.07. The highest BCUT2D eigenvalue weighted by Crippen LogP contribution is 2.32. The van der Waals surface area contributed by atoms with Crippen LogP contribution in [0.4, 0.5) is 4.79 Å². The van der Waals surface area contributed by atoms with Gasteiger partial charge in [-0.1, -0.05) is 74.5 Å². The standard InChI is InChI=1S/C21H25N3O2/c1-3-21(18-13-9-6-10-14-18)19(25)24(20(26)22-21)16-23(4-2)15-17-11-7-5-8-12-17/h5-14H,3-4,15-16H2,1-2H3,(H,22,26)/t21-/m0/s1. The zero-order chi connectivity index (χ0) is 18.6. The normalized spacial score (nSPS) is 19.9. The Labute approximate surface area is 154 Å². The lowest BCUT2D eigenvalue weighted by Gasteiger charge is -2.28. The van der Waals surface area contributed by atoms with Crippen molar-refractivity contribution in [2.24, 2.45) is 0 Å². The molecular weight excluding hydrogens is 326 g/mol. The summed E-state index contributed by atoms with van der Waals surface area (Å²) < 4.78 is 0. The van der Waals surface area contributed by atoms with Gasteiger partial charge in [0.2, 0.25) is 0 Å². The van der Waals surface area contributed by atoms with Crippen LogP contribution in [0.3, 0.4) is 0 Å². The molecule has 5 heteroatoms. The van der Waals surface area contributed by atoms with Gasteiger partial charge in [-0.3, -0.25) is 9.69 Å². The molecule has 0 aromatic heterocycles. The van der Waals surface area contributed by atoms with Crippen LogP contribution in [0, 0.1) is 0 Å². The zero-order valence-electron chi connectivity index (χ0n) is 15.3. The van der Waals surface area contributed by atoms with Gasteiger partial charge in [0.25, 0.3) is 5.91 Å². The summed E-state index contributed by atoms with van der Waals surface area (Å²) >= 11 is 0. The Morgan fingerprint density at radius 1 is 0.962 bits per heavy atom. The average molecular weight is 351 g/mol. The molecule has 5 nitrogen and oxygen atoms in total. The van der Waals surface area contributed by atoms with Gasteiger partial charge in [0.05, 0.1) is 6.67 Å². The topological polar surface area (TPSA) is 52.6 Å². The molecule has 0 aliphatic carbocycles. The van der Waals surface area contributed by atoms with Crippen LogP contribution in [-0.4, -0.2) is 35.0 Å². The van der Waals surface area contributed by atoms with Crippen molar-refractivity contribution in [3.63, 3.8) is 0 Å².